The number of hydrogen-bond acceptors (Lipinski definition) is 12. The summed E-state index contributed by atoms with van der Waals surface area (Å²) in [4.78, 5) is 29.3. The Bertz CT molecular complexity index is 2670. The molecule has 0 radical (unpaired) electrons. The minimum atomic E-state index is -4.44. The lowest BCUT2D eigenvalue weighted by molar-refractivity contribution is 0.0183. The molecule has 0 spiro atoms. The largest absolute Gasteiger partial charge is 0.497 e. The van der Waals surface area contributed by atoms with Crippen molar-refractivity contribution >= 4 is 27.8 Å². The van der Waals surface area contributed by atoms with E-state index in [0.717, 1.165) is 22.3 Å². The zero-order valence-electron chi connectivity index (χ0n) is 41.9. The van der Waals surface area contributed by atoms with Crippen molar-refractivity contribution in [2.24, 2.45) is 5.92 Å². The number of rotatable bonds is 16. The first kappa shape index (κ1) is 51.4. The third-order valence-electron chi connectivity index (χ3n) is 12.3. The Morgan fingerprint density at radius 1 is 0.729 bits per heavy atom. The molecule has 4 aromatic carbocycles. The molecule has 5 aromatic rings. The molecular formula is C53H67N7O9S. The standard InChI is InChI=1S/C53H67N7O9S/c1-52(2,3)68-50(61)54-42-19-16-40(17-20-42)46-27-18-41(32-36-28-30-58(31-29-36)51(62)69-53(4,5)6)48(47(46)49-55-57-60(56-49)35-39-14-25-45(67-9)26-15-39)70(63,64)59(33-37-10-21-43(65-7)22-11-37)34-38-12-23-44(66-8)24-13-38/h10-16,18,21-27,36,42H,17,19-20,28-35H2,1-9H3,(H,54,61). The molecule has 1 unspecified atom stereocenters. The van der Waals surface area contributed by atoms with Crippen molar-refractivity contribution in [3.05, 3.63) is 119 Å². The number of hydrogen-bond donors (Lipinski definition) is 1. The Balaban J connectivity index is 1.37. The van der Waals surface area contributed by atoms with Crippen LogP contribution in [0.4, 0.5) is 9.59 Å². The number of nitrogens with zero attached hydrogens (tertiary/aromatic N) is 6. The van der Waals surface area contributed by atoms with Gasteiger partial charge in [0, 0.05) is 32.2 Å². The molecule has 70 heavy (non-hydrogen) atoms. The summed E-state index contributed by atoms with van der Waals surface area (Å²) in [5, 5.41) is 17.1. The third-order valence-corrected chi connectivity index (χ3v) is 14.2. The van der Waals surface area contributed by atoms with Crippen LogP contribution in [0.15, 0.2) is 95.9 Å². The molecule has 374 valence electrons. The lowest BCUT2D eigenvalue weighted by Gasteiger charge is -2.34. The number of carbonyl (C=O) groups is 2. The molecule has 1 aromatic heterocycles. The molecular weight excluding hydrogens is 911 g/mol. The van der Waals surface area contributed by atoms with Crippen LogP contribution in [-0.4, -0.2) is 102 Å². The predicted octanol–water partition coefficient (Wildman–Crippen LogP) is 9.46. The van der Waals surface area contributed by atoms with E-state index in [2.05, 4.69) is 21.7 Å². The van der Waals surface area contributed by atoms with Crippen LogP contribution < -0.4 is 19.5 Å². The van der Waals surface area contributed by atoms with Crippen molar-refractivity contribution in [1.82, 2.24) is 34.7 Å². The molecule has 0 bridgehead atoms. The van der Waals surface area contributed by atoms with Crippen molar-refractivity contribution in [3.63, 3.8) is 0 Å². The molecule has 2 amide bonds. The van der Waals surface area contributed by atoms with Crippen molar-refractivity contribution < 1.29 is 41.7 Å². The maximum atomic E-state index is 16.2. The van der Waals surface area contributed by atoms with Gasteiger partial charge >= 0.3 is 12.2 Å². The Hall–Kier alpha value is -6.46. The second kappa shape index (κ2) is 22.1. The Kier molecular flexibility index (Phi) is 16.2. The highest BCUT2D eigenvalue weighted by Crippen LogP contribution is 2.42. The number of likely N-dealkylation sites (tertiary alicyclic amines) is 1. The maximum Gasteiger partial charge on any atom is 0.410 e. The van der Waals surface area contributed by atoms with E-state index in [0.29, 0.717) is 85.6 Å². The monoisotopic (exact) mass is 977 g/mol. The Labute approximate surface area is 412 Å². The van der Waals surface area contributed by atoms with Gasteiger partial charge in [-0.05, 0) is 161 Å². The summed E-state index contributed by atoms with van der Waals surface area (Å²) in [5.74, 6) is 2.21. The molecule has 1 fully saturated rings. The van der Waals surface area contributed by atoms with Gasteiger partial charge in [-0.2, -0.15) is 9.10 Å². The van der Waals surface area contributed by atoms with Crippen LogP contribution in [0.3, 0.4) is 0 Å². The normalized spacial score (nSPS) is 15.8. The van der Waals surface area contributed by atoms with E-state index in [-0.39, 0.29) is 48.4 Å². The Morgan fingerprint density at radius 2 is 1.27 bits per heavy atom. The predicted molar refractivity (Wildman–Crippen MR) is 267 cm³/mol. The molecule has 1 atom stereocenters. The number of nitrogens with one attached hydrogen (secondary N) is 1. The van der Waals surface area contributed by atoms with Gasteiger partial charge in [0.1, 0.15) is 28.5 Å². The molecule has 17 heteroatoms. The number of aromatic nitrogens is 4. The van der Waals surface area contributed by atoms with E-state index in [1.807, 2.05) is 126 Å². The van der Waals surface area contributed by atoms with Gasteiger partial charge in [-0.15, -0.1) is 10.2 Å². The van der Waals surface area contributed by atoms with Crippen LogP contribution in [0.5, 0.6) is 17.2 Å². The van der Waals surface area contributed by atoms with Crippen molar-refractivity contribution in [2.75, 3.05) is 34.4 Å². The third kappa shape index (κ3) is 13.4. The number of amides is 2. The highest BCUT2D eigenvalue weighted by Gasteiger charge is 2.37. The van der Waals surface area contributed by atoms with Gasteiger partial charge in [-0.3, -0.25) is 0 Å². The smallest absolute Gasteiger partial charge is 0.410 e. The second-order valence-corrected chi connectivity index (χ2v) is 21.8. The number of allylic oxidation sites excluding steroid dienone is 1. The first-order valence-corrected chi connectivity index (χ1v) is 25.2. The van der Waals surface area contributed by atoms with Crippen LogP contribution in [0, 0.1) is 5.92 Å². The van der Waals surface area contributed by atoms with Gasteiger partial charge in [-0.1, -0.05) is 54.6 Å². The highest BCUT2D eigenvalue weighted by atomic mass is 32.2. The maximum absolute atomic E-state index is 16.2. The molecule has 1 aliphatic heterocycles. The number of ether oxygens (including phenoxy) is 5. The summed E-state index contributed by atoms with van der Waals surface area (Å²) in [7, 11) is 0.350. The molecule has 1 aliphatic carbocycles. The molecule has 2 aliphatic rings. The first-order chi connectivity index (χ1) is 33.3. The molecule has 16 nitrogen and oxygen atoms in total. The zero-order chi connectivity index (χ0) is 50.2. The molecule has 7 rings (SSSR count). The number of piperidine rings is 1. The summed E-state index contributed by atoms with van der Waals surface area (Å²) in [6.45, 7) is 12.3. The van der Waals surface area contributed by atoms with Crippen LogP contribution >= 0.6 is 0 Å². The first-order valence-electron chi connectivity index (χ1n) is 23.8. The van der Waals surface area contributed by atoms with E-state index < -0.39 is 27.3 Å². The van der Waals surface area contributed by atoms with Gasteiger partial charge in [-0.25, -0.2) is 18.0 Å². The number of methoxy groups -OCH3 is 3. The average Bonchev–Trinajstić information content (AvgIpc) is 3.79. The lowest BCUT2D eigenvalue weighted by atomic mass is 9.85. The topological polar surface area (TPSA) is 177 Å². The quantitative estimate of drug-likeness (QED) is 0.0993. The van der Waals surface area contributed by atoms with Gasteiger partial charge in [0.25, 0.3) is 0 Å². The van der Waals surface area contributed by atoms with Crippen molar-refractivity contribution in [1.29, 1.82) is 0 Å². The molecule has 1 N–H and O–H groups in total. The highest BCUT2D eigenvalue weighted by molar-refractivity contribution is 7.89. The van der Waals surface area contributed by atoms with Crippen LogP contribution in [-0.2, 0) is 45.6 Å². The zero-order valence-corrected chi connectivity index (χ0v) is 42.7. The minimum Gasteiger partial charge on any atom is -0.497 e. The fraction of sp³-hybridized carbons (Fsp3) is 0.453. The van der Waals surface area contributed by atoms with E-state index in [9.17, 15) is 9.59 Å². The van der Waals surface area contributed by atoms with Crippen LogP contribution in [0.25, 0.3) is 17.0 Å². The summed E-state index contributed by atoms with van der Waals surface area (Å²) >= 11 is 0. The summed E-state index contributed by atoms with van der Waals surface area (Å²) in [6, 6.07) is 26.0. The van der Waals surface area contributed by atoms with Crippen molar-refractivity contribution in [3.8, 4) is 28.6 Å². The van der Waals surface area contributed by atoms with Gasteiger partial charge in [0.05, 0.1) is 38.3 Å². The van der Waals surface area contributed by atoms with Gasteiger partial charge in [0.15, 0.2) is 0 Å². The van der Waals surface area contributed by atoms with Crippen LogP contribution in [0.1, 0.15) is 101 Å². The van der Waals surface area contributed by atoms with E-state index >= 15 is 8.42 Å². The fourth-order valence-electron chi connectivity index (χ4n) is 8.74. The molecule has 2 heterocycles. The van der Waals surface area contributed by atoms with E-state index in [4.69, 9.17) is 28.8 Å². The summed E-state index contributed by atoms with van der Waals surface area (Å²) in [5.41, 5.74) is 3.65. The second-order valence-electron chi connectivity index (χ2n) is 19.9. The van der Waals surface area contributed by atoms with E-state index in [1.54, 1.807) is 26.2 Å². The summed E-state index contributed by atoms with van der Waals surface area (Å²) < 4.78 is 61.5. The van der Waals surface area contributed by atoms with Crippen molar-refractivity contribution in [2.45, 2.75) is 122 Å². The number of benzene rings is 4. The summed E-state index contributed by atoms with van der Waals surface area (Å²) in [6.07, 6.45) is 4.51. The minimum absolute atomic E-state index is 0.0358. The number of alkyl carbamates (subject to hydrolysis) is 1. The average molecular weight is 978 g/mol. The van der Waals surface area contributed by atoms with E-state index in [1.165, 1.54) is 9.10 Å². The molecule has 1 saturated heterocycles. The number of sulfonamides is 1. The number of tetrazole rings is 1. The SMILES string of the molecule is COc1ccc(CN(Cc2ccc(OC)cc2)S(=O)(=O)c2c(CC3CCN(C(=O)OC(C)(C)C)CC3)ccc(C3=CCC(NC(=O)OC(C)(C)C)CC3)c2-c2nnn(Cc3ccc(OC)cc3)n2)cc1. The number of carbonyl (C=O) groups excluding carboxylic acids is 2. The fourth-order valence-corrected chi connectivity index (χ4v) is 10.6. The van der Waals surface area contributed by atoms with Gasteiger partial charge in [0.2, 0.25) is 15.8 Å². The van der Waals surface area contributed by atoms with Crippen LogP contribution in [0.2, 0.25) is 0 Å². The van der Waals surface area contributed by atoms with Gasteiger partial charge < -0.3 is 33.9 Å². The Morgan fingerprint density at radius 3 is 1.77 bits per heavy atom. The lowest BCUT2D eigenvalue weighted by Crippen LogP contribution is -2.42. The molecule has 0 saturated carbocycles.